The molecule has 2 fully saturated rings. The van der Waals surface area contributed by atoms with Gasteiger partial charge in [-0.1, -0.05) is 24.8 Å². The van der Waals surface area contributed by atoms with E-state index in [1.165, 1.54) is 9.21 Å². The van der Waals surface area contributed by atoms with Crippen LogP contribution >= 0.6 is 15.9 Å². The summed E-state index contributed by atoms with van der Waals surface area (Å²) in [4.78, 5) is 32.7. The number of ketones is 1. The second-order valence-electron chi connectivity index (χ2n) is 10.4. The second-order valence-corrected chi connectivity index (χ2v) is 13.4. The number of hydrogen-bond donors (Lipinski definition) is 0. The van der Waals surface area contributed by atoms with Crippen molar-refractivity contribution in [3.05, 3.63) is 47.2 Å². The average molecular weight is 569 g/mol. The van der Waals surface area contributed by atoms with Crippen molar-refractivity contribution >= 4 is 43.9 Å². The fraction of sp³-hybridized carbons (Fsp3) is 0.560. The van der Waals surface area contributed by atoms with Crippen molar-refractivity contribution in [2.45, 2.75) is 64.1 Å². The Hall–Kier alpha value is -2.04. The third-order valence-electron chi connectivity index (χ3n) is 6.52. The molecule has 1 saturated heterocycles. The molecule has 3 rings (SSSR count). The quantitative estimate of drug-likeness (QED) is 0.310. The van der Waals surface area contributed by atoms with Crippen molar-refractivity contribution in [3.8, 4) is 0 Å². The number of piperidine rings is 1. The number of ether oxygens (including phenoxy) is 1. The number of likely N-dealkylation sites (tertiary alicyclic amines) is 1. The summed E-state index contributed by atoms with van der Waals surface area (Å²) in [6.45, 7) is 13.0. The summed E-state index contributed by atoms with van der Waals surface area (Å²) in [5.41, 5.74) is 0.120. The van der Waals surface area contributed by atoms with E-state index < -0.39 is 33.2 Å². The number of carbonyl (C=O) groups is 2. The predicted octanol–water partition coefficient (Wildman–Crippen LogP) is 4.20. The van der Waals surface area contributed by atoms with Gasteiger partial charge in [0.25, 0.3) is 0 Å². The molecule has 3 atom stereocenters. The first-order valence-electron chi connectivity index (χ1n) is 11.6. The molecule has 10 heteroatoms. The summed E-state index contributed by atoms with van der Waals surface area (Å²) < 4.78 is 33.0. The van der Waals surface area contributed by atoms with Crippen LogP contribution in [0, 0.1) is 5.41 Å². The van der Waals surface area contributed by atoms with Gasteiger partial charge in [-0.15, -0.1) is 6.58 Å². The molecule has 1 aromatic heterocycles. The lowest BCUT2D eigenvalue weighted by atomic mass is 9.94. The molecule has 1 aliphatic heterocycles. The molecule has 1 saturated carbocycles. The Labute approximate surface area is 216 Å². The largest absolute Gasteiger partial charge is 0.444 e. The molecule has 2 heterocycles. The zero-order valence-electron chi connectivity index (χ0n) is 20.8. The molecular formula is C25H34BrN3O5S. The fourth-order valence-electron chi connectivity index (χ4n) is 4.74. The molecule has 0 unspecified atom stereocenters. The number of hydrogen-bond acceptors (Lipinski definition) is 6. The van der Waals surface area contributed by atoms with Crippen LogP contribution in [0.4, 0.5) is 4.79 Å². The molecule has 1 aliphatic carbocycles. The van der Waals surface area contributed by atoms with Crippen molar-refractivity contribution in [1.82, 2.24) is 14.2 Å². The highest BCUT2D eigenvalue weighted by atomic mass is 79.9. The Morgan fingerprint density at radius 3 is 2.60 bits per heavy atom. The van der Waals surface area contributed by atoms with Crippen molar-refractivity contribution in [1.29, 1.82) is 0 Å². The summed E-state index contributed by atoms with van der Waals surface area (Å²) in [6, 6.07) is 2.64. The lowest BCUT2D eigenvalue weighted by Gasteiger charge is -2.30. The van der Waals surface area contributed by atoms with E-state index >= 15 is 0 Å². The summed E-state index contributed by atoms with van der Waals surface area (Å²) >= 11 is 3.35. The lowest BCUT2D eigenvalue weighted by molar-refractivity contribution is -0.123. The van der Waals surface area contributed by atoms with Gasteiger partial charge in [-0.05, 0) is 67.6 Å². The highest BCUT2D eigenvalue weighted by molar-refractivity contribution is 9.10. The van der Waals surface area contributed by atoms with Gasteiger partial charge >= 0.3 is 6.09 Å². The van der Waals surface area contributed by atoms with E-state index in [2.05, 4.69) is 34.1 Å². The minimum atomic E-state index is -3.47. The van der Waals surface area contributed by atoms with Crippen molar-refractivity contribution in [2.24, 2.45) is 5.41 Å². The number of amides is 1. The number of allylic oxidation sites excluding steroid dienone is 1. The van der Waals surface area contributed by atoms with Crippen molar-refractivity contribution in [2.75, 3.05) is 19.3 Å². The molecule has 0 spiro atoms. The van der Waals surface area contributed by atoms with Crippen LogP contribution in [0.15, 0.2) is 36.0 Å². The van der Waals surface area contributed by atoms with Gasteiger partial charge in [-0.25, -0.2) is 22.5 Å². The molecule has 0 N–H and O–H groups in total. The number of Topliss-reactive ketones (excluding diaryl/α,β-unsaturated/α-hetero) is 1. The number of nitrogens with zero attached hydrogens (tertiary/aromatic N) is 3. The van der Waals surface area contributed by atoms with Gasteiger partial charge in [0.15, 0.2) is 5.78 Å². The summed E-state index contributed by atoms with van der Waals surface area (Å²) in [5, 5.41) is 0. The van der Waals surface area contributed by atoms with Crippen LogP contribution in [0.2, 0.25) is 0 Å². The van der Waals surface area contributed by atoms with E-state index in [4.69, 9.17) is 4.74 Å². The van der Waals surface area contributed by atoms with E-state index in [-0.39, 0.29) is 30.5 Å². The zero-order chi connectivity index (χ0) is 26.2. The number of aromatic nitrogens is 1. The normalized spacial score (nSPS) is 23.7. The Morgan fingerprint density at radius 2 is 2.00 bits per heavy atom. The number of sulfonamides is 1. The third kappa shape index (κ3) is 6.21. The van der Waals surface area contributed by atoms with E-state index in [1.807, 2.05) is 6.07 Å². The molecule has 0 aromatic carbocycles. The maximum absolute atomic E-state index is 13.5. The fourth-order valence-corrected chi connectivity index (χ4v) is 6.31. The summed E-state index contributed by atoms with van der Waals surface area (Å²) in [7, 11) is -1.92. The highest BCUT2D eigenvalue weighted by Crippen LogP contribution is 2.60. The smallest absolute Gasteiger partial charge is 0.411 e. The van der Waals surface area contributed by atoms with E-state index in [9.17, 15) is 18.0 Å². The van der Waals surface area contributed by atoms with Gasteiger partial charge in [0.2, 0.25) is 10.0 Å². The molecule has 0 bridgehead atoms. The first kappa shape index (κ1) is 27.5. The van der Waals surface area contributed by atoms with Gasteiger partial charge < -0.3 is 4.74 Å². The van der Waals surface area contributed by atoms with Crippen LogP contribution in [0.25, 0.3) is 6.08 Å². The van der Waals surface area contributed by atoms with E-state index in [0.29, 0.717) is 29.6 Å². The Bertz CT molecular complexity index is 1130. The molecule has 1 amide bonds. The maximum atomic E-state index is 13.5. The molecule has 192 valence electrons. The molecule has 0 radical (unpaired) electrons. The van der Waals surface area contributed by atoms with Gasteiger partial charge in [0.1, 0.15) is 10.2 Å². The molecule has 8 nitrogen and oxygen atoms in total. The number of carbonyl (C=O) groups excluding carboxylic acids is 2. The predicted molar refractivity (Wildman–Crippen MR) is 139 cm³/mol. The molecule has 2 aliphatic rings. The van der Waals surface area contributed by atoms with Crippen LogP contribution in [0.1, 0.15) is 51.3 Å². The minimum absolute atomic E-state index is 0.0230. The molecule has 1 aromatic rings. The van der Waals surface area contributed by atoms with Crippen LogP contribution < -0.4 is 0 Å². The van der Waals surface area contributed by atoms with Crippen LogP contribution in [0.5, 0.6) is 0 Å². The van der Waals surface area contributed by atoms with Gasteiger partial charge in [-0.3, -0.25) is 9.69 Å². The Morgan fingerprint density at radius 1 is 1.31 bits per heavy atom. The molecular weight excluding hydrogens is 534 g/mol. The van der Waals surface area contributed by atoms with Gasteiger partial charge in [0, 0.05) is 25.0 Å². The van der Waals surface area contributed by atoms with Crippen molar-refractivity contribution in [3.63, 3.8) is 0 Å². The third-order valence-corrected chi connectivity index (χ3v) is 8.80. The minimum Gasteiger partial charge on any atom is -0.444 e. The SMILES string of the molecule is C=CCCS(=O)(=O)N(C)C[C@@]12C[C@@H](C(=O)Cc3nc(Br)ccc3C=C)N(C(=O)OC(C)(C)C)[C@@H]1C2. The first-order chi connectivity index (χ1) is 16.2. The monoisotopic (exact) mass is 567 g/mol. The number of rotatable bonds is 10. The molecule has 35 heavy (non-hydrogen) atoms. The van der Waals surface area contributed by atoms with E-state index in [0.717, 1.165) is 5.56 Å². The summed E-state index contributed by atoms with van der Waals surface area (Å²) in [5.74, 6) is -0.182. The van der Waals surface area contributed by atoms with Gasteiger partial charge in [-0.2, -0.15) is 0 Å². The second kappa shape index (κ2) is 10.1. The Balaban J connectivity index is 1.86. The average Bonchev–Trinajstić information content (AvgIpc) is 3.33. The van der Waals surface area contributed by atoms with Crippen LogP contribution in [-0.4, -0.2) is 71.5 Å². The summed E-state index contributed by atoms with van der Waals surface area (Å²) in [6.07, 6.45) is 4.07. The zero-order valence-corrected chi connectivity index (χ0v) is 23.2. The lowest BCUT2D eigenvalue weighted by Crippen LogP contribution is -2.46. The Kier molecular flexibility index (Phi) is 7.98. The number of halogens is 1. The topological polar surface area (TPSA) is 96.9 Å². The van der Waals surface area contributed by atoms with E-state index in [1.54, 1.807) is 46.0 Å². The first-order valence-corrected chi connectivity index (χ1v) is 14.0. The highest BCUT2D eigenvalue weighted by Gasteiger charge is 2.68. The van der Waals surface area contributed by atoms with Crippen LogP contribution in [0.3, 0.4) is 0 Å². The van der Waals surface area contributed by atoms with Crippen molar-refractivity contribution < 1.29 is 22.7 Å². The number of pyridine rings is 1. The van der Waals surface area contributed by atoms with Crippen LogP contribution in [-0.2, 0) is 26.0 Å². The standard InChI is InChI=1S/C25H34BrN3O5S/c1-7-9-12-35(32,33)28(6)16-25-14-19(29(21(25)15-25)23(31)34-24(3,4)5)20(30)13-18-17(8-2)10-11-22(26)27-18/h7-8,10-11,19,21H,1-2,9,12-16H2,3-6H3/t19-,21+,25-/m0/s1. The maximum Gasteiger partial charge on any atom is 0.411 e. The van der Waals surface area contributed by atoms with Gasteiger partial charge in [0.05, 0.1) is 23.9 Å². The number of fused-ring (bicyclic) bond motifs is 1.